The van der Waals surface area contributed by atoms with Gasteiger partial charge in [0, 0.05) is 0 Å². The number of benzene rings is 1. The number of rotatable bonds is 4. The average molecular weight is 516 g/mol. The summed E-state index contributed by atoms with van der Waals surface area (Å²) in [5, 5.41) is 19.8. The number of ether oxygens (including phenoxy) is 4. The van der Waals surface area contributed by atoms with E-state index in [1.165, 1.54) is 18.2 Å². The lowest BCUT2D eigenvalue weighted by Gasteiger charge is -2.16. The minimum Gasteiger partial charge on any atom is -0.469 e. The zero-order valence-corrected chi connectivity index (χ0v) is 19.5. The summed E-state index contributed by atoms with van der Waals surface area (Å²) >= 11 is 6.40. The quantitative estimate of drug-likeness (QED) is 0.544. The molecule has 5 heterocycles. The molecule has 0 bridgehead atoms. The van der Waals surface area contributed by atoms with Crippen LogP contribution in [0.1, 0.15) is 17.5 Å². The highest BCUT2D eigenvalue weighted by molar-refractivity contribution is 6.33. The lowest BCUT2D eigenvalue weighted by Crippen LogP contribution is -2.34. The zero-order valence-electron chi connectivity index (χ0n) is 18.8. The average Bonchev–Trinajstić information content (AvgIpc) is 3.54. The fourth-order valence-corrected chi connectivity index (χ4v) is 5.15. The molecule has 8 nitrogen and oxygen atoms in total. The standard InChI is InChI=1S/C25H20ClF2N3O5/c26-14-7-17-21(13(8-29)25(30-17)36-19-10-35-23-18(32)9-34-24(19)23)31-22(14)20-15(27)5-12(6-16(20)28)11-1-3-33-4-2-11/h1,5-7,18-19,23-24,30,32H,2-4,9-10H2/t18-,19-,23-,24-/m1/s1. The molecule has 0 radical (unpaired) electrons. The minimum atomic E-state index is -0.817. The van der Waals surface area contributed by atoms with Crippen LogP contribution in [0, 0.1) is 23.0 Å². The van der Waals surface area contributed by atoms with E-state index < -0.39 is 36.1 Å². The van der Waals surface area contributed by atoms with Gasteiger partial charge in [-0.2, -0.15) is 5.26 Å². The second-order valence-electron chi connectivity index (χ2n) is 8.84. The number of nitriles is 1. The molecule has 0 aliphatic carbocycles. The number of nitrogens with zero attached hydrogens (tertiary/aromatic N) is 2. The molecular weight excluding hydrogens is 496 g/mol. The Morgan fingerprint density at radius 1 is 1.17 bits per heavy atom. The normalized spacial score (nSPS) is 25.6. The second-order valence-corrected chi connectivity index (χ2v) is 9.25. The highest BCUT2D eigenvalue weighted by Crippen LogP contribution is 2.38. The van der Waals surface area contributed by atoms with Gasteiger partial charge in [0.1, 0.15) is 47.1 Å². The van der Waals surface area contributed by atoms with E-state index in [1.807, 2.05) is 6.07 Å². The Morgan fingerprint density at radius 3 is 2.67 bits per heavy atom. The summed E-state index contributed by atoms with van der Waals surface area (Å²) in [6.07, 6.45) is 0.0446. The van der Waals surface area contributed by atoms with Crippen molar-refractivity contribution in [2.45, 2.75) is 30.8 Å². The maximum absolute atomic E-state index is 15.2. The molecule has 2 saturated heterocycles. The lowest BCUT2D eigenvalue weighted by atomic mass is 9.98. The first-order valence-electron chi connectivity index (χ1n) is 11.4. The number of hydrogen-bond donors (Lipinski definition) is 2. The molecule has 2 aromatic heterocycles. The maximum atomic E-state index is 15.2. The molecule has 3 aliphatic heterocycles. The van der Waals surface area contributed by atoms with Crippen molar-refractivity contribution in [2.75, 3.05) is 26.4 Å². The van der Waals surface area contributed by atoms with E-state index in [-0.39, 0.29) is 46.5 Å². The fraction of sp³-hybridized carbons (Fsp3) is 0.360. The molecule has 36 heavy (non-hydrogen) atoms. The van der Waals surface area contributed by atoms with E-state index in [9.17, 15) is 10.4 Å². The Hall–Kier alpha value is -3.07. The van der Waals surface area contributed by atoms with Gasteiger partial charge in [-0.25, -0.2) is 13.8 Å². The van der Waals surface area contributed by atoms with Crippen LogP contribution in [-0.4, -0.2) is 65.9 Å². The molecule has 6 rings (SSSR count). The summed E-state index contributed by atoms with van der Waals surface area (Å²) in [6, 6.07) is 5.99. The molecule has 0 spiro atoms. The maximum Gasteiger partial charge on any atom is 0.212 e. The zero-order chi connectivity index (χ0) is 25.0. The number of hydrogen-bond acceptors (Lipinski definition) is 7. The monoisotopic (exact) mass is 515 g/mol. The Bertz CT molecular complexity index is 1410. The smallest absolute Gasteiger partial charge is 0.212 e. The molecule has 0 amide bonds. The second kappa shape index (κ2) is 9.10. The minimum absolute atomic E-state index is 0.00198. The fourth-order valence-electron chi connectivity index (χ4n) is 4.90. The Balaban J connectivity index is 1.38. The van der Waals surface area contributed by atoms with Crippen molar-refractivity contribution >= 4 is 28.2 Å². The molecule has 186 valence electrons. The van der Waals surface area contributed by atoms with Gasteiger partial charge in [-0.05, 0) is 35.8 Å². The van der Waals surface area contributed by atoms with Crippen molar-refractivity contribution < 1.29 is 32.8 Å². The van der Waals surface area contributed by atoms with Crippen molar-refractivity contribution in [1.29, 1.82) is 5.26 Å². The summed E-state index contributed by atoms with van der Waals surface area (Å²) in [4.78, 5) is 7.33. The molecule has 0 unspecified atom stereocenters. The van der Waals surface area contributed by atoms with Gasteiger partial charge in [0.2, 0.25) is 5.88 Å². The van der Waals surface area contributed by atoms with Gasteiger partial charge < -0.3 is 29.0 Å². The topological polar surface area (TPSA) is 110 Å². The van der Waals surface area contributed by atoms with Crippen LogP contribution in [0.3, 0.4) is 0 Å². The first-order chi connectivity index (χ1) is 17.4. The molecule has 11 heteroatoms. The van der Waals surface area contributed by atoms with E-state index in [0.29, 0.717) is 30.7 Å². The van der Waals surface area contributed by atoms with Crippen LogP contribution < -0.4 is 4.74 Å². The molecule has 2 fully saturated rings. The predicted molar refractivity (Wildman–Crippen MR) is 124 cm³/mol. The number of H-pyrrole nitrogens is 1. The highest BCUT2D eigenvalue weighted by atomic mass is 35.5. The van der Waals surface area contributed by atoms with Crippen molar-refractivity contribution in [3.63, 3.8) is 0 Å². The van der Waals surface area contributed by atoms with Gasteiger partial charge in [-0.15, -0.1) is 0 Å². The number of nitrogens with one attached hydrogen (secondary N) is 1. The largest absolute Gasteiger partial charge is 0.469 e. The number of halogens is 3. The van der Waals surface area contributed by atoms with Gasteiger partial charge in [0.15, 0.2) is 6.10 Å². The Morgan fingerprint density at radius 2 is 1.94 bits per heavy atom. The number of aromatic nitrogens is 2. The SMILES string of the molecule is N#Cc1c(O[C@@H]2CO[C@H]3[C@@H]2OC[C@H]3O)[nH]c2cc(Cl)c(-c3c(F)cc(C4=CCOCC4)cc3F)nc12. The van der Waals surface area contributed by atoms with Crippen molar-refractivity contribution in [2.24, 2.45) is 0 Å². The molecule has 3 aliphatic rings. The van der Waals surface area contributed by atoms with Crippen LogP contribution in [0.4, 0.5) is 8.78 Å². The number of pyridine rings is 1. The van der Waals surface area contributed by atoms with Crippen molar-refractivity contribution in [3.8, 4) is 23.2 Å². The first kappa shape index (κ1) is 23.3. The Labute approximate surface area is 209 Å². The van der Waals surface area contributed by atoms with Crippen LogP contribution >= 0.6 is 11.6 Å². The lowest BCUT2D eigenvalue weighted by molar-refractivity contribution is 0.00789. The third-order valence-electron chi connectivity index (χ3n) is 6.66. The van der Waals surface area contributed by atoms with E-state index >= 15 is 8.78 Å². The van der Waals surface area contributed by atoms with E-state index in [4.69, 9.17) is 30.5 Å². The van der Waals surface area contributed by atoms with Gasteiger partial charge in [0.05, 0.1) is 48.2 Å². The summed E-state index contributed by atoms with van der Waals surface area (Å²) < 4.78 is 52.8. The van der Waals surface area contributed by atoms with Gasteiger partial charge >= 0.3 is 0 Å². The van der Waals surface area contributed by atoms with Gasteiger partial charge in [-0.3, -0.25) is 0 Å². The molecule has 0 saturated carbocycles. The summed E-state index contributed by atoms with van der Waals surface area (Å²) in [5.74, 6) is -1.53. The molecule has 3 aromatic rings. The molecular formula is C25H20ClF2N3O5. The predicted octanol–water partition coefficient (Wildman–Crippen LogP) is 3.74. The third-order valence-corrected chi connectivity index (χ3v) is 6.95. The Kier molecular flexibility index (Phi) is 5.90. The third kappa shape index (κ3) is 3.84. The van der Waals surface area contributed by atoms with E-state index in [2.05, 4.69) is 9.97 Å². The number of aliphatic hydroxyl groups excluding tert-OH is 1. The molecule has 4 atom stereocenters. The summed E-state index contributed by atoms with van der Waals surface area (Å²) in [5.41, 5.74) is 1.30. The van der Waals surface area contributed by atoms with Gasteiger partial charge in [0.25, 0.3) is 0 Å². The first-order valence-corrected chi connectivity index (χ1v) is 11.8. The van der Waals surface area contributed by atoms with Crippen LogP contribution in [0.2, 0.25) is 5.02 Å². The van der Waals surface area contributed by atoms with E-state index in [1.54, 1.807) is 6.08 Å². The highest BCUT2D eigenvalue weighted by Gasteiger charge is 2.48. The van der Waals surface area contributed by atoms with Crippen LogP contribution in [0.5, 0.6) is 5.88 Å². The van der Waals surface area contributed by atoms with Crippen molar-refractivity contribution in [3.05, 3.63) is 52.1 Å². The summed E-state index contributed by atoms with van der Waals surface area (Å²) in [7, 11) is 0. The molecule has 1 aromatic carbocycles. The van der Waals surface area contributed by atoms with Crippen LogP contribution in [0.15, 0.2) is 24.3 Å². The van der Waals surface area contributed by atoms with Gasteiger partial charge in [-0.1, -0.05) is 17.7 Å². The number of aromatic amines is 1. The van der Waals surface area contributed by atoms with Crippen LogP contribution in [-0.2, 0) is 14.2 Å². The van der Waals surface area contributed by atoms with Crippen LogP contribution in [0.25, 0.3) is 27.9 Å². The van der Waals surface area contributed by atoms with E-state index in [0.717, 1.165) is 5.57 Å². The number of fused-ring (bicyclic) bond motifs is 2. The summed E-state index contributed by atoms with van der Waals surface area (Å²) in [6.45, 7) is 1.17. The van der Waals surface area contributed by atoms with Crippen molar-refractivity contribution in [1.82, 2.24) is 9.97 Å². The molecule has 2 N–H and O–H groups in total. The number of aliphatic hydroxyl groups is 1.